The minimum absolute atomic E-state index is 0.192. The maximum absolute atomic E-state index is 12.7. The molecule has 0 N–H and O–H groups in total. The molecular weight excluding hydrogens is 394 g/mol. The number of ketones is 1. The van der Waals surface area contributed by atoms with E-state index in [4.69, 9.17) is 14.0 Å². The molecule has 0 saturated heterocycles. The topological polar surface area (TPSA) is 78.6 Å². The lowest BCUT2D eigenvalue weighted by atomic mass is 10.0. The lowest BCUT2D eigenvalue weighted by Gasteiger charge is -2.13. The molecule has 6 nitrogen and oxygen atoms in total. The van der Waals surface area contributed by atoms with Crippen LogP contribution < -0.4 is 4.74 Å². The van der Waals surface area contributed by atoms with Crippen LogP contribution in [0.15, 0.2) is 47.0 Å². The first-order chi connectivity index (χ1) is 14.9. The van der Waals surface area contributed by atoms with Gasteiger partial charge in [0.1, 0.15) is 18.1 Å². The van der Waals surface area contributed by atoms with Gasteiger partial charge in [0.05, 0.1) is 16.8 Å². The van der Waals surface area contributed by atoms with E-state index < -0.39 is 12.1 Å². The summed E-state index contributed by atoms with van der Waals surface area (Å²) in [4.78, 5) is 25.2. The van der Waals surface area contributed by atoms with Gasteiger partial charge in [0.15, 0.2) is 6.10 Å². The van der Waals surface area contributed by atoms with Gasteiger partial charge >= 0.3 is 5.97 Å². The Morgan fingerprint density at radius 3 is 2.45 bits per heavy atom. The molecule has 0 bridgehead atoms. The standard InChI is InChI=1S/C25H25NO5/c1-15-23(16(2)31-26-15)14-29-22-11-9-19(10-12-22)25(28)30-17(3)24(27)21-8-7-18-5-4-6-20(18)13-21/h7-13,17H,4-6,14H2,1-3H3/t17-/m1/s1. The zero-order valence-corrected chi connectivity index (χ0v) is 17.9. The maximum Gasteiger partial charge on any atom is 0.338 e. The average Bonchev–Trinajstić information content (AvgIpc) is 3.37. The summed E-state index contributed by atoms with van der Waals surface area (Å²) in [7, 11) is 0. The number of ether oxygens (including phenoxy) is 2. The Morgan fingerprint density at radius 2 is 1.74 bits per heavy atom. The molecule has 160 valence electrons. The highest BCUT2D eigenvalue weighted by atomic mass is 16.5. The Kier molecular flexibility index (Phi) is 5.89. The van der Waals surface area contributed by atoms with Crippen LogP contribution in [0.3, 0.4) is 0 Å². The number of aromatic nitrogens is 1. The van der Waals surface area contributed by atoms with E-state index in [1.165, 1.54) is 11.1 Å². The van der Waals surface area contributed by atoms with Crippen LogP contribution >= 0.6 is 0 Å². The van der Waals surface area contributed by atoms with E-state index >= 15 is 0 Å². The Balaban J connectivity index is 1.35. The number of Topliss-reactive ketones (excluding diaryl/α,β-unsaturated/α-hetero) is 1. The van der Waals surface area contributed by atoms with Gasteiger partial charge in [0.25, 0.3) is 0 Å². The van der Waals surface area contributed by atoms with Gasteiger partial charge in [-0.2, -0.15) is 0 Å². The largest absolute Gasteiger partial charge is 0.489 e. The van der Waals surface area contributed by atoms with Crippen molar-refractivity contribution in [3.05, 3.63) is 81.7 Å². The number of fused-ring (bicyclic) bond motifs is 1. The van der Waals surface area contributed by atoms with E-state index in [-0.39, 0.29) is 5.78 Å². The minimum atomic E-state index is -0.859. The second-order valence-electron chi connectivity index (χ2n) is 7.86. The first-order valence-corrected chi connectivity index (χ1v) is 10.4. The predicted octanol–water partition coefficient (Wildman–Crippen LogP) is 4.79. The third-order valence-corrected chi connectivity index (χ3v) is 5.69. The van der Waals surface area contributed by atoms with Gasteiger partial charge in [-0.15, -0.1) is 0 Å². The molecule has 0 unspecified atom stereocenters. The monoisotopic (exact) mass is 419 g/mol. The van der Waals surface area contributed by atoms with Crippen LogP contribution in [0.25, 0.3) is 0 Å². The fourth-order valence-corrected chi connectivity index (χ4v) is 3.79. The van der Waals surface area contributed by atoms with E-state index in [1.807, 2.05) is 32.0 Å². The maximum atomic E-state index is 12.7. The van der Waals surface area contributed by atoms with Crippen LogP contribution in [0.2, 0.25) is 0 Å². The van der Waals surface area contributed by atoms with Crippen molar-refractivity contribution in [3.63, 3.8) is 0 Å². The molecule has 0 aliphatic heterocycles. The third kappa shape index (κ3) is 4.53. The summed E-state index contributed by atoms with van der Waals surface area (Å²) >= 11 is 0. The van der Waals surface area contributed by atoms with E-state index in [9.17, 15) is 9.59 Å². The molecule has 4 rings (SSSR count). The van der Waals surface area contributed by atoms with Crippen LogP contribution in [0.5, 0.6) is 5.75 Å². The molecule has 6 heteroatoms. The highest BCUT2D eigenvalue weighted by Crippen LogP contribution is 2.24. The fourth-order valence-electron chi connectivity index (χ4n) is 3.79. The first kappa shape index (κ1) is 20.8. The number of hydrogen-bond acceptors (Lipinski definition) is 6. The first-order valence-electron chi connectivity index (χ1n) is 10.4. The minimum Gasteiger partial charge on any atom is -0.489 e. The molecule has 0 radical (unpaired) electrons. The average molecular weight is 419 g/mol. The van der Waals surface area contributed by atoms with Gasteiger partial charge in [-0.25, -0.2) is 4.79 Å². The summed E-state index contributed by atoms with van der Waals surface area (Å²) in [6.07, 6.45) is 2.32. The number of carbonyl (C=O) groups excluding carboxylic acids is 2. The van der Waals surface area contributed by atoms with Crippen molar-refractivity contribution >= 4 is 11.8 Å². The van der Waals surface area contributed by atoms with Crippen LogP contribution in [0.1, 0.15) is 62.2 Å². The molecule has 2 aromatic carbocycles. The molecule has 1 atom stereocenters. The van der Waals surface area contributed by atoms with Crippen molar-refractivity contribution in [1.82, 2.24) is 5.16 Å². The SMILES string of the molecule is Cc1noc(C)c1COc1ccc(C(=O)O[C@H](C)C(=O)c2ccc3c(c2)CCC3)cc1. The van der Waals surface area contributed by atoms with E-state index in [1.54, 1.807) is 31.2 Å². The Morgan fingerprint density at radius 1 is 1.03 bits per heavy atom. The fraction of sp³-hybridized carbons (Fsp3) is 0.320. The molecule has 0 spiro atoms. The Hall–Kier alpha value is -3.41. The number of rotatable bonds is 7. The van der Waals surface area contributed by atoms with Crippen molar-refractivity contribution in [1.29, 1.82) is 0 Å². The predicted molar refractivity (Wildman–Crippen MR) is 114 cm³/mol. The molecule has 0 saturated carbocycles. The molecule has 1 heterocycles. The van der Waals surface area contributed by atoms with Crippen molar-refractivity contribution in [3.8, 4) is 5.75 Å². The van der Waals surface area contributed by atoms with E-state index in [2.05, 4.69) is 5.16 Å². The lowest BCUT2D eigenvalue weighted by Crippen LogP contribution is -2.24. The number of esters is 1. The third-order valence-electron chi connectivity index (χ3n) is 5.69. The summed E-state index contributed by atoms with van der Waals surface area (Å²) < 4.78 is 16.3. The molecule has 0 amide bonds. The number of carbonyl (C=O) groups is 2. The van der Waals surface area contributed by atoms with Crippen molar-refractivity contribution in [2.24, 2.45) is 0 Å². The molecule has 1 aromatic heterocycles. The molecule has 31 heavy (non-hydrogen) atoms. The van der Waals surface area contributed by atoms with E-state index in [0.717, 1.165) is 36.3 Å². The van der Waals surface area contributed by atoms with Crippen LogP contribution in [0, 0.1) is 13.8 Å². The summed E-state index contributed by atoms with van der Waals surface area (Å²) in [5, 5.41) is 3.90. The van der Waals surface area contributed by atoms with Crippen LogP contribution in [-0.4, -0.2) is 23.0 Å². The number of nitrogens with zero attached hydrogens (tertiary/aromatic N) is 1. The zero-order valence-electron chi connectivity index (χ0n) is 17.9. The van der Waals surface area contributed by atoms with Crippen LogP contribution in [0.4, 0.5) is 0 Å². The van der Waals surface area contributed by atoms with Crippen LogP contribution in [-0.2, 0) is 24.2 Å². The highest BCUT2D eigenvalue weighted by Gasteiger charge is 2.22. The molecule has 1 aliphatic carbocycles. The number of hydrogen-bond donors (Lipinski definition) is 0. The quantitative estimate of drug-likeness (QED) is 0.405. The summed E-state index contributed by atoms with van der Waals surface area (Å²) in [6, 6.07) is 12.4. The molecule has 3 aromatic rings. The van der Waals surface area contributed by atoms with Crippen molar-refractivity contribution in [2.75, 3.05) is 0 Å². The van der Waals surface area contributed by atoms with Gasteiger partial charge < -0.3 is 14.0 Å². The summed E-state index contributed by atoms with van der Waals surface area (Å²) in [5.41, 5.74) is 5.17. The summed E-state index contributed by atoms with van der Waals surface area (Å²) in [5.74, 6) is 0.597. The second-order valence-corrected chi connectivity index (χ2v) is 7.86. The Bertz CT molecular complexity index is 1090. The van der Waals surface area contributed by atoms with Gasteiger partial charge in [-0.1, -0.05) is 17.3 Å². The normalized spacial score (nSPS) is 13.5. The smallest absolute Gasteiger partial charge is 0.338 e. The van der Waals surface area contributed by atoms with Gasteiger partial charge in [0, 0.05) is 5.56 Å². The van der Waals surface area contributed by atoms with Gasteiger partial charge in [-0.3, -0.25) is 4.79 Å². The second kappa shape index (κ2) is 8.76. The molecular formula is C25H25NO5. The van der Waals surface area contributed by atoms with Crippen molar-refractivity contribution < 1.29 is 23.6 Å². The Labute approximate surface area is 181 Å². The van der Waals surface area contributed by atoms with Crippen molar-refractivity contribution in [2.45, 2.75) is 52.7 Å². The zero-order chi connectivity index (χ0) is 22.0. The summed E-state index contributed by atoms with van der Waals surface area (Å²) in [6.45, 7) is 5.63. The van der Waals surface area contributed by atoms with Gasteiger partial charge in [0.2, 0.25) is 5.78 Å². The number of benzene rings is 2. The number of aryl methyl sites for hydroxylation is 4. The lowest BCUT2D eigenvalue weighted by molar-refractivity contribution is 0.0318. The van der Waals surface area contributed by atoms with E-state index in [0.29, 0.717) is 23.5 Å². The highest BCUT2D eigenvalue weighted by molar-refractivity contribution is 6.01. The van der Waals surface area contributed by atoms with Gasteiger partial charge in [-0.05, 0) is 81.5 Å². The molecule has 1 aliphatic rings. The molecule has 0 fully saturated rings.